The standard InChI is InChI=1S/C32H23B/c1-33-30-17-9-14-26-24-13-6-8-16-28(24)32(31(26)30)27-15-7-5-12-23(27)25-19-18-22(20-29(25)32)21-10-3-2-4-11-21/h2-20,33H,1H3. The Morgan fingerprint density at radius 1 is 0.485 bits per heavy atom. The van der Waals surface area contributed by atoms with Crippen LogP contribution in [0.5, 0.6) is 0 Å². The Morgan fingerprint density at radius 3 is 1.82 bits per heavy atom. The van der Waals surface area contributed by atoms with E-state index in [4.69, 9.17) is 0 Å². The first-order chi connectivity index (χ1) is 16.3. The fourth-order valence-corrected chi connectivity index (χ4v) is 6.39. The summed E-state index contributed by atoms with van der Waals surface area (Å²) in [7, 11) is 1.02. The third-order valence-electron chi connectivity index (χ3n) is 7.68. The van der Waals surface area contributed by atoms with Gasteiger partial charge >= 0.3 is 0 Å². The molecule has 0 heterocycles. The van der Waals surface area contributed by atoms with Gasteiger partial charge in [0.15, 0.2) is 7.28 Å². The summed E-state index contributed by atoms with van der Waals surface area (Å²) in [6, 6.07) is 42.9. The largest absolute Gasteiger partial charge is 0.155 e. The van der Waals surface area contributed by atoms with Gasteiger partial charge in [-0.25, -0.2) is 0 Å². The van der Waals surface area contributed by atoms with E-state index in [-0.39, 0.29) is 5.41 Å². The van der Waals surface area contributed by atoms with Gasteiger partial charge < -0.3 is 0 Å². The summed E-state index contributed by atoms with van der Waals surface area (Å²) in [5.41, 5.74) is 14.9. The minimum absolute atomic E-state index is 0.269. The number of benzene rings is 5. The molecule has 5 aromatic carbocycles. The lowest BCUT2D eigenvalue weighted by molar-refractivity contribution is 0.799. The van der Waals surface area contributed by atoms with Gasteiger partial charge in [0, 0.05) is 0 Å². The van der Waals surface area contributed by atoms with Gasteiger partial charge in [0.05, 0.1) is 5.41 Å². The Balaban J connectivity index is 1.66. The first-order valence-corrected chi connectivity index (χ1v) is 11.9. The minimum Gasteiger partial charge on any atom is -0.0849 e. The molecule has 0 aromatic heterocycles. The van der Waals surface area contributed by atoms with E-state index in [1.165, 1.54) is 61.1 Å². The summed E-state index contributed by atoms with van der Waals surface area (Å²) >= 11 is 0. The monoisotopic (exact) mass is 418 g/mol. The normalized spacial score (nSPS) is 16.8. The van der Waals surface area contributed by atoms with Crippen molar-refractivity contribution in [2.24, 2.45) is 0 Å². The van der Waals surface area contributed by atoms with Crippen LogP contribution in [0.2, 0.25) is 6.82 Å². The van der Waals surface area contributed by atoms with Gasteiger partial charge in [0.2, 0.25) is 0 Å². The van der Waals surface area contributed by atoms with E-state index >= 15 is 0 Å². The second-order valence-electron chi connectivity index (χ2n) is 9.16. The van der Waals surface area contributed by atoms with Gasteiger partial charge in [0.25, 0.3) is 0 Å². The molecule has 1 spiro atoms. The average molecular weight is 418 g/mol. The predicted octanol–water partition coefficient (Wildman–Crippen LogP) is 6.81. The highest BCUT2D eigenvalue weighted by molar-refractivity contribution is 6.53. The number of hydrogen-bond donors (Lipinski definition) is 0. The molecule has 7 rings (SSSR count). The topological polar surface area (TPSA) is 0 Å². The van der Waals surface area contributed by atoms with E-state index in [2.05, 4.69) is 122 Å². The summed E-state index contributed by atoms with van der Waals surface area (Å²) in [4.78, 5) is 0. The Hall–Kier alpha value is -3.84. The van der Waals surface area contributed by atoms with Crippen LogP contribution in [0.15, 0.2) is 115 Å². The van der Waals surface area contributed by atoms with E-state index < -0.39 is 0 Å². The van der Waals surface area contributed by atoms with Crippen LogP contribution >= 0.6 is 0 Å². The van der Waals surface area contributed by atoms with Crippen molar-refractivity contribution in [2.75, 3.05) is 0 Å². The second-order valence-corrected chi connectivity index (χ2v) is 9.16. The van der Waals surface area contributed by atoms with E-state index in [1.54, 1.807) is 0 Å². The Bertz CT molecular complexity index is 1530. The highest BCUT2D eigenvalue weighted by Gasteiger charge is 2.52. The van der Waals surface area contributed by atoms with Gasteiger partial charge in [-0.3, -0.25) is 0 Å². The predicted molar refractivity (Wildman–Crippen MR) is 141 cm³/mol. The summed E-state index contributed by atoms with van der Waals surface area (Å²) in [5, 5.41) is 0. The van der Waals surface area contributed by atoms with Crippen LogP contribution in [-0.2, 0) is 5.41 Å². The molecule has 1 heteroatoms. The van der Waals surface area contributed by atoms with Crippen molar-refractivity contribution in [1.29, 1.82) is 0 Å². The highest BCUT2D eigenvalue weighted by Crippen LogP contribution is 2.62. The van der Waals surface area contributed by atoms with Crippen molar-refractivity contribution in [2.45, 2.75) is 12.2 Å². The molecule has 2 aliphatic carbocycles. The van der Waals surface area contributed by atoms with Crippen LogP contribution in [0.25, 0.3) is 33.4 Å². The lowest BCUT2D eigenvalue weighted by Crippen LogP contribution is -2.33. The molecule has 5 aromatic rings. The molecule has 1 unspecified atom stereocenters. The Kier molecular flexibility index (Phi) is 3.87. The van der Waals surface area contributed by atoms with E-state index in [1.807, 2.05) is 0 Å². The molecule has 0 N–H and O–H groups in total. The fraction of sp³-hybridized carbons (Fsp3) is 0.0625. The zero-order valence-corrected chi connectivity index (χ0v) is 18.7. The van der Waals surface area contributed by atoms with Crippen molar-refractivity contribution >= 4 is 12.7 Å². The maximum atomic E-state index is 2.46. The molecule has 0 aliphatic heterocycles. The quantitative estimate of drug-likeness (QED) is 0.271. The van der Waals surface area contributed by atoms with Crippen molar-refractivity contribution in [1.82, 2.24) is 0 Å². The molecule has 0 saturated heterocycles. The SMILES string of the molecule is CBc1cccc2c1C1(c3ccccc3-c3ccc(-c4ccccc4)cc31)c1ccccc1-2. The maximum absolute atomic E-state index is 2.46. The van der Waals surface area contributed by atoms with Crippen molar-refractivity contribution in [3.63, 3.8) is 0 Å². The van der Waals surface area contributed by atoms with Gasteiger partial charge in [0.1, 0.15) is 0 Å². The molecule has 0 fully saturated rings. The van der Waals surface area contributed by atoms with Gasteiger partial charge in [-0.2, -0.15) is 0 Å². The van der Waals surface area contributed by atoms with Gasteiger partial charge in [-0.1, -0.05) is 121 Å². The molecule has 2 aliphatic rings. The average Bonchev–Trinajstić information content (AvgIpc) is 3.36. The van der Waals surface area contributed by atoms with Crippen molar-refractivity contribution < 1.29 is 0 Å². The summed E-state index contributed by atoms with van der Waals surface area (Å²) < 4.78 is 0. The zero-order chi connectivity index (χ0) is 22.0. The van der Waals surface area contributed by atoms with Crippen LogP contribution in [0, 0.1) is 0 Å². The molecule has 0 nitrogen and oxygen atoms in total. The number of rotatable bonds is 2. The van der Waals surface area contributed by atoms with E-state index in [0.717, 1.165) is 7.28 Å². The van der Waals surface area contributed by atoms with E-state index in [9.17, 15) is 0 Å². The third-order valence-corrected chi connectivity index (χ3v) is 7.68. The van der Waals surface area contributed by atoms with E-state index in [0.29, 0.717) is 0 Å². The fourth-order valence-electron chi connectivity index (χ4n) is 6.39. The Labute approximate surface area is 195 Å². The highest BCUT2D eigenvalue weighted by atomic mass is 14.5. The number of fused-ring (bicyclic) bond motifs is 10. The van der Waals surface area contributed by atoms with Crippen molar-refractivity contribution in [3.8, 4) is 33.4 Å². The maximum Gasteiger partial charge on any atom is 0.155 e. The molecule has 33 heavy (non-hydrogen) atoms. The molecule has 0 saturated carbocycles. The van der Waals surface area contributed by atoms with Gasteiger partial charge in [-0.15, -0.1) is 0 Å². The minimum atomic E-state index is -0.269. The van der Waals surface area contributed by atoms with Crippen LogP contribution < -0.4 is 5.46 Å². The third kappa shape index (κ3) is 2.32. The van der Waals surface area contributed by atoms with Crippen molar-refractivity contribution in [3.05, 3.63) is 138 Å². The smallest absolute Gasteiger partial charge is 0.0849 e. The van der Waals surface area contributed by atoms with Crippen LogP contribution in [-0.4, -0.2) is 7.28 Å². The molecule has 0 bridgehead atoms. The van der Waals surface area contributed by atoms with Crippen LogP contribution in [0.4, 0.5) is 0 Å². The lowest BCUT2D eigenvalue weighted by atomic mass is 9.61. The summed E-state index contributed by atoms with van der Waals surface area (Å²) in [6.07, 6.45) is 0. The molecular formula is C32H23B. The summed E-state index contributed by atoms with van der Waals surface area (Å²) in [6.45, 7) is 2.29. The Morgan fingerprint density at radius 2 is 1.09 bits per heavy atom. The van der Waals surface area contributed by atoms with Gasteiger partial charge in [-0.05, 0) is 61.7 Å². The molecule has 0 amide bonds. The lowest BCUT2D eigenvalue weighted by Gasteiger charge is -2.32. The zero-order valence-electron chi connectivity index (χ0n) is 18.7. The molecule has 0 radical (unpaired) electrons. The molecule has 154 valence electrons. The first kappa shape index (κ1) is 18.7. The van der Waals surface area contributed by atoms with Crippen LogP contribution in [0.3, 0.4) is 0 Å². The summed E-state index contributed by atoms with van der Waals surface area (Å²) in [5.74, 6) is 0. The second kappa shape index (κ2) is 6.83. The first-order valence-electron chi connectivity index (χ1n) is 11.9. The molecular weight excluding hydrogens is 395 g/mol. The number of hydrogen-bond acceptors (Lipinski definition) is 0. The van der Waals surface area contributed by atoms with Crippen LogP contribution in [0.1, 0.15) is 22.3 Å². The molecule has 1 atom stereocenters.